The minimum Gasteiger partial charge on any atom is -0.464 e. The van der Waals surface area contributed by atoms with Crippen LogP contribution in [0.3, 0.4) is 0 Å². The molecule has 0 bridgehead atoms. The number of aromatic nitrogens is 4. The first-order chi connectivity index (χ1) is 28.2. The first kappa shape index (κ1) is 45.1. The van der Waals surface area contributed by atoms with Crippen LogP contribution in [0.15, 0.2) is 67.0 Å². The van der Waals surface area contributed by atoms with Crippen molar-refractivity contribution < 1.29 is 37.4 Å². The summed E-state index contributed by atoms with van der Waals surface area (Å²) >= 11 is 0. The largest absolute Gasteiger partial charge is 0.464 e. The van der Waals surface area contributed by atoms with Crippen molar-refractivity contribution in [3.05, 3.63) is 78.6 Å². The molecule has 3 heterocycles. The molecule has 5 atom stereocenters. The number of benzene rings is 2. The highest BCUT2D eigenvalue weighted by Crippen LogP contribution is 2.46. The molecule has 0 amide bonds. The molecule has 0 saturated carbocycles. The number of imidazole rings is 1. The van der Waals surface area contributed by atoms with E-state index in [4.69, 9.17) is 24.3 Å². The van der Waals surface area contributed by atoms with E-state index >= 15 is 0 Å². The summed E-state index contributed by atoms with van der Waals surface area (Å²) in [5, 5.41) is 14.0. The van der Waals surface area contributed by atoms with Crippen LogP contribution in [0.4, 0.5) is 10.2 Å². The molecule has 15 heteroatoms. The molecule has 1 unspecified atom stereocenters. The lowest BCUT2D eigenvalue weighted by Crippen LogP contribution is -2.40. The highest BCUT2D eigenvalue weighted by Gasteiger charge is 2.41. The predicted molar refractivity (Wildman–Crippen MR) is 222 cm³/mol. The number of nitrogens with zero attached hydrogens (tertiary/aromatic N) is 4. The van der Waals surface area contributed by atoms with Gasteiger partial charge in [-0.2, -0.15) is 19.4 Å². The topological polar surface area (TPSA) is 173 Å². The third-order valence-corrected chi connectivity index (χ3v) is 12.2. The first-order valence-corrected chi connectivity index (χ1v) is 22.7. The maximum Gasteiger partial charge on any atom is 0.459 e. The van der Waals surface area contributed by atoms with Crippen LogP contribution in [0.25, 0.3) is 11.2 Å². The highest BCUT2D eigenvalue weighted by molar-refractivity contribution is 7.52. The Morgan fingerprint density at radius 1 is 0.948 bits per heavy atom. The zero-order valence-electron chi connectivity index (χ0n) is 34.1. The fraction of sp³-hybridized carbons (Fsp3) is 0.581. The molecule has 58 heavy (non-hydrogen) atoms. The van der Waals surface area contributed by atoms with E-state index in [1.807, 2.05) is 30.3 Å². The third kappa shape index (κ3) is 14.1. The second-order valence-corrected chi connectivity index (χ2v) is 17.0. The number of fused-ring (bicyclic) bond motifs is 1. The van der Waals surface area contributed by atoms with Crippen molar-refractivity contribution in [2.75, 3.05) is 18.9 Å². The third-order valence-electron chi connectivity index (χ3n) is 10.6. The Morgan fingerprint density at radius 2 is 1.57 bits per heavy atom. The van der Waals surface area contributed by atoms with Gasteiger partial charge in [-0.1, -0.05) is 139 Å². The van der Waals surface area contributed by atoms with Crippen molar-refractivity contribution in [2.45, 2.75) is 141 Å². The van der Waals surface area contributed by atoms with Crippen LogP contribution in [-0.4, -0.2) is 62.1 Å². The summed E-state index contributed by atoms with van der Waals surface area (Å²) in [5.74, 6) is -0.210. The van der Waals surface area contributed by atoms with Gasteiger partial charge in [-0.15, -0.1) is 0 Å². The normalized spacial score (nSPS) is 18.4. The van der Waals surface area contributed by atoms with Crippen molar-refractivity contribution in [3.63, 3.8) is 0 Å². The number of ether oxygens (including phenoxy) is 2. The number of hydrogen-bond donors (Lipinski definition) is 3. The van der Waals surface area contributed by atoms with Gasteiger partial charge in [0.25, 0.3) is 0 Å². The molecule has 1 aliphatic heterocycles. The Bertz CT molecular complexity index is 1840. The lowest BCUT2D eigenvalue weighted by molar-refractivity contribution is -0.147. The van der Waals surface area contributed by atoms with Crippen molar-refractivity contribution in [2.24, 2.45) is 5.92 Å². The fourth-order valence-electron chi connectivity index (χ4n) is 7.30. The van der Waals surface area contributed by atoms with E-state index in [2.05, 4.69) is 33.9 Å². The average Bonchev–Trinajstić information content (AvgIpc) is 3.81. The van der Waals surface area contributed by atoms with Gasteiger partial charge in [0.15, 0.2) is 17.0 Å². The number of aliphatic hydroxyl groups excluding tert-OH is 1. The monoisotopic (exact) mass is 824 g/mol. The number of para-hydroxylation sites is 1. The van der Waals surface area contributed by atoms with E-state index in [9.17, 15) is 18.9 Å². The molecule has 0 aliphatic carbocycles. The Morgan fingerprint density at radius 3 is 2.22 bits per heavy atom. The van der Waals surface area contributed by atoms with Gasteiger partial charge in [0.1, 0.15) is 24.1 Å². The summed E-state index contributed by atoms with van der Waals surface area (Å²) in [6, 6.07) is 16.8. The Balaban J connectivity index is 1.29. The number of unbranched alkanes of at least 4 members (excludes halogenated alkanes) is 10. The summed E-state index contributed by atoms with van der Waals surface area (Å²) in [6.45, 7) is 4.33. The number of nitrogens with two attached hydrogens (primary N) is 1. The molecule has 1 fully saturated rings. The molecule has 13 nitrogen and oxygen atoms in total. The number of aliphatic hydroxyl groups is 1. The van der Waals surface area contributed by atoms with Crippen LogP contribution in [0.1, 0.15) is 122 Å². The lowest BCUT2D eigenvalue weighted by Gasteiger charge is -2.27. The molecular formula is C43H62FN6O7P. The van der Waals surface area contributed by atoms with E-state index < -0.39 is 44.3 Å². The maximum absolute atomic E-state index is 14.8. The van der Waals surface area contributed by atoms with E-state index in [1.165, 1.54) is 62.3 Å². The van der Waals surface area contributed by atoms with Crippen LogP contribution < -0.4 is 15.3 Å². The van der Waals surface area contributed by atoms with Gasteiger partial charge in [-0.25, -0.2) is 9.55 Å². The van der Waals surface area contributed by atoms with Crippen LogP contribution >= 0.6 is 7.75 Å². The average molecular weight is 825 g/mol. The molecular weight excluding hydrogens is 762 g/mol. The van der Waals surface area contributed by atoms with Gasteiger partial charge in [-0.05, 0) is 42.9 Å². The number of esters is 1. The van der Waals surface area contributed by atoms with Gasteiger partial charge in [0.05, 0.1) is 25.6 Å². The van der Waals surface area contributed by atoms with Gasteiger partial charge in [0, 0.05) is 6.42 Å². The molecule has 0 radical (unpaired) electrons. The Kier molecular flexibility index (Phi) is 18.4. The summed E-state index contributed by atoms with van der Waals surface area (Å²) in [7, 11) is -4.36. The number of carbonyl (C=O) groups is 1. The van der Waals surface area contributed by atoms with Crippen LogP contribution in [0.5, 0.6) is 5.75 Å². The number of nitrogens with one attached hydrogen (secondary N) is 1. The zero-order chi connectivity index (χ0) is 41.2. The van der Waals surface area contributed by atoms with E-state index in [1.54, 1.807) is 30.3 Å². The number of halogens is 1. The summed E-state index contributed by atoms with van der Waals surface area (Å²) in [4.78, 5) is 25.6. The van der Waals surface area contributed by atoms with Crippen LogP contribution in [0.2, 0.25) is 0 Å². The standard InChI is InChI=1S/C43H62FN6O7P/c1-3-5-7-9-11-15-23-33(24-16-12-10-8-6-4-2)29-54-42(52)35(27-32-21-17-13-18-22-32)49-58(53,57-34-25-19-14-20-26-34)55-30-37-36(51)28-38(56-37)50-31-46-39-40(45)47-43(44)48-41(39)50/h13-14,17-22,25-26,31,33,35-38,51H,3-12,15-16,23-24,27-30H2,1-2H3,(H,49,53)(H2,45,47,48)/t35-,36-,37+,38+,58?/m0/s1. The van der Waals surface area contributed by atoms with Crippen LogP contribution in [0, 0.1) is 12.0 Å². The minimum absolute atomic E-state index is 0.0733. The molecule has 2 aromatic carbocycles. The van der Waals surface area contributed by atoms with Gasteiger partial charge >= 0.3 is 19.8 Å². The van der Waals surface area contributed by atoms with Gasteiger partial charge < -0.3 is 24.8 Å². The highest BCUT2D eigenvalue weighted by atomic mass is 31.2. The second kappa shape index (κ2) is 23.6. The molecule has 1 aliphatic rings. The van der Waals surface area contributed by atoms with Crippen molar-refractivity contribution in [1.82, 2.24) is 24.6 Å². The molecule has 318 valence electrons. The van der Waals surface area contributed by atoms with Gasteiger partial charge in [0.2, 0.25) is 0 Å². The smallest absolute Gasteiger partial charge is 0.459 e. The van der Waals surface area contributed by atoms with E-state index in [0.717, 1.165) is 44.1 Å². The summed E-state index contributed by atoms with van der Waals surface area (Å²) in [5.41, 5.74) is 6.96. The molecule has 2 aromatic heterocycles. The van der Waals surface area contributed by atoms with Crippen molar-refractivity contribution >= 4 is 30.7 Å². The number of anilines is 1. The lowest BCUT2D eigenvalue weighted by atomic mass is 9.94. The summed E-state index contributed by atoms with van der Waals surface area (Å²) < 4.78 is 54.5. The van der Waals surface area contributed by atoms with Crippen LogP contribution in [-0.2, 0) is 29.8 Å². The SMILES string of the molecule is CCCCCCCCC(CCCCCCCC)COC(=O)[C@H](Cc1ccccc1)NP(=O)(OC[C@H]1O[C@@H](n2cnc3c(N)nc(F)nc32)C[C@@H]1O)Oc1ccccc1. The Labute approximate surface area is 342 Å². The second-order valence-electron chi connectivity index (χ2n) is 15.3. The van der Waals surface area contributed by atoms with Crippen molar-refractivity contribution in [3.8, 4) is 5.75 Å². The number of carbonyl (C=O) groups excluding carboxylic acids is 1. The molecule has 1 saturated heterocycles. The Hall–Kier alpha value is -3.94. The number of rotatable bonds is 27. The zero-order valence-corrected chi connectivity index (χ0v) is 34.9. The summed E-state index contributed by atoms with van der Waals surface area (Å²) in [6.07, 6.45) is 14.0. The first-order valence-electron chi connectivity index (χ1n) is 21.1. The molecule has 5 rings (SSSR count). The number of hydrogen-bond acceptors (Lipinski definition) is 11. The van der Waals surface area contributed by atoms with Gasteiger partial charge in [-0.3, -0.25) is 13.9 Å². The predicted octanol–water partition coefficient (Wildman–Crippen LogP) is 9.26. The van der Waals surface area contributed by atoms with Crippen molar-refractivity contribution in [1.29, 1.82) is 0 Å². The maximum atomic E-state index is 14.8. The van der Waals surface area contributed by atoms with E-state index in [0.29, 0.717) is 0 Å². The molecule has 4 N–H and O–H groups in total. The minimum atomic E-state index is -4.36. The number of nitrogen functional groups attached to an aromatic ring is 1. The molecule has 0 spiro atoms. The fourth-order valence-corrected chi connectivity index (χ4v) is 8.80. The van der Waals surface area contributed by atoms with E-state index in [-0.39, 0.29) is 54.7 Å². The molecule has 4 aromatic rings. The quantitative estimate of drug-likeness (QED) is 0.0226.